The van der Waals surface area contributed by atoms with Crippen molar-refractivity contribution >= 4 is 11.5 Å². The lowest BCUT2D eigenvalue weighted by Crippen LogP contribution is -2.12. The van der Waals surface area contributed by atoms with Gasteiger partial charge < -0.3 is 5.43 Å². The van der Waals surface area contributed by atoms with Crippen molar-refractivity contribution in [2.45, 2.75) is 0 Å². The zero-order chi connectivity index (χ0) is 15.6. The highest BCUT2D eigenvalue weighted by molar-refractivity contribution is 5.70. The van der Waals surface area contributed by atoms with Crippen LogP contribution in [-0.4, -0.2) is 19.6 Å². The fourth-order valence-corrected chi connectivity index (χ4v) is 2.49. The minimum atomic E-state index is 0.670. The molecule has 0 spiro atoms. The van der Waals surface area contributed by atoms with Gasteiger partial charge in [-0.05, 0) is 12.1 Å². The summed E-state index contributed by atoms with van der Waals surface area (Å²) in [5.74, 6) is 6.33. The van der Waals surface area contributed by atoms with E-state index in [1.165, 1.54) is 0 Å². The molecular weight excluding hydrogens is 288 g/mol. The number of anilines is 1. The molecule has 0 radical (unpaired) electrons. The highest BCUT2D eigenvalue weighted by Gasteiger charge is 2.11. The van der Waals surface area contributed by atoms with E-state index in [0.29, 0.717) is 5.82 Å². The summed E-state index contributed by atoms with van der Waals surface area (Å²) in [6.45, 7) is 0. The first-order valence-corrected chi connectivity index (χ1v) is 7.18. The van der Waals surface area contributed by atoms with Gasteiger partial charge in [-0.15, -0.1) is 0 Å². The van der Waals surface area contributed by atoms with Gasteiger partial charge in [0.15, 0.2) is 5.65 Å². The fraction of sp³-hybridized carbons (Fsp3) is 0. The van der Waals surface area contributed by atoms with Crippen molar-refractivity contribution in [3.05, 3.63) is 67.0 Å². The molecule has 6 nitrogen and oxygen atoms in total. The van der Waals surface area contributed by atoms with E-state index in [4.69, 9.17) is 5.84 Å². The average Bonchev–Trinajstić information content (AvgIpc) is 3.06. The Morgan fingerprint density at radius 1 is 0.913 bits per heavy atom. The minimum Gasteiger partial charge on any atom is -0.308 e. The van der Waals surface area contributed by atoms with Crippen LogP contribution in [-0.2, 0) is 0 Å². The number of hydrazine groups is 1. The number of hydrogen-bond acceptors (Lipinski definition) is 5. The second kappa shape index (κ2) is 5.51. The fourth-order valence-electron chi connectivity index (χ4n) is 2.49. The topological polar surface area (TPSA) is 81.1 Å². The first-order valence-electron chi connectivity index (χ1n) is 7.18. The molecule has 0 amide bonds. The van der Waals surface area contributed by atoms with E-state index in [1.807, 2.05) is 54.6 Å². The van der Waals surface area contributed by atoms with E-state index < -0.39 is 0 Å². The summed E-state index contributed by atoms with van der Waals surface area (Å²) in [5, 5.41) is 4.56. The standard InChI is InChI=1S/C17H14N6/c18-21-17-9-14(12-5-2-1-3-6-12)20-16-10-15(22-23(16)17)13-7-4-8-19-11-13/h1-11,21H,18H2. The van der Waals surface area contributed by atoms with Gasteiger partial charge in [-0.25, -0.2) is 10.8 Å². The number of nitrogens with two attached hydrogens (primary N) is 1. The first kappa shape index (κ1) is 13.4. The Morgan fingerprint density at radius 3 is 2.48 bits per heavy atom. The number of nitrogens with zero attached hydrogens (tertiary/aromatic N) is 4. The van der Waals surface area contributed by atoms with Crippen molar-refractivity contribution in [2.75, 3.05) is 5.43 Å². The van der Waals surface area contributed by atoms with Gasteiger partial charge >= 0.3 is 0 Å². The molecule has 0 atom stereocenters. The monoisotopic (exact) mass is 302 g/mol. The Balaban J connectivity index is 1.90. The number of benzene rings is 1. The second-order valence-electron chi connectivity index (χ2n) is 5.08. The Morgan fingerprint density at radius 2 is 1.74 bits per heavy atom. The lowest BCUT2D eigenvalue weighted by atomic mass is 10.1. The van der Waals surface area contributed by atoms with E-state index >= 15 is 0 Å². The number of nitrogens with one attached hydrogen (secondary N) is 1. The van der Waals surface area contributed by atoms with Crippen LogP contribution < -0.4 is 11.3 Å². The van der Waals surface area contributed by atoms with Gasteiger partial charge in [-0.2, -0.15) is 9.61 Å². The van der Waals surface area contributed by atoms with E-state index in [0.717, 1.165) is 28.2 Å². The number of aromatic nitrogens is 4. The predicted octanol–water partition coefficient (Wildman–Crippen LogP) is 2.74. The summed E-state index contributed by atoms with van der Waals surface area (Å²) in [4.78, 5) is 8.81. The van der Waals surface area contributed by atoms with Gasteiger partial charge in [0, 0.05) is 35.7 Å². The van der Waals surface area contributed by atoms with Crippen LogP contribution in [0.2, 0.25) is 0 Å². The molecule has 0 aliphatic heterocycles. The third kappa shape index (κ3) is 2.41. The average molecular weight is 302 g/mol. The number of nitrogen functional groups attached to an aromatic ring is 1. The molecule has 3 heterocycles. The first-order chi connectivity index (χ1) is 11.3. The van der Waals surface area contributed by atoms with Crippen LogP contribution in [0, 0.1) is 0 Å². The Bertz CT molecular complexity index is 947. The molecule has 6 heteroatoms. The molecule has 1 aromatic carbocycles. The van der Waals surface area contributed by atoms with E-state index in [9.17, 15) is 0 Å². The smallest absolute Gasteiger partial charge is 0.158 e. The summed E-state index contributed by atoms with van der Waals surface area (Å²) in [6.07, 6.45) is 3.51. The van der Waals surface area contributed by atoms with E-state index in [2.05, 4.69) is 20.5 Å². The molecular formula is C17H14N6. The molecule has 4 aromatic rings. The lowest BCUT2D eigenvalue weighted by molar-refractivity contribution is 0.940. The Labute approximate surface area is 132 Å². The summed E-state index contributed by atoms with van der Waals surface area (Å²) < 4.78 is 1.69. The third-order valence-electron chi connectivity index (χ3n) is 3.60. The van der Waals surface area contributed by atoms with E-state index in [1.54, 1.807) is 16.9 Å². The molecule has 0 bridgehead atoms. The maximum Gasteiger partial charge on any atom is 0.158 e. The molecule has 23 heavy (non-hydrogen) atoms. The lowest BCUT2D eigenvalue weighted by Gasteiger charge is -2.07. The highest BCUT2D eigenvalue weighted by Crippen LogP contribution is 2.24. The number of rotatable bonds is 3. The molecule has 0 aliphatic rings. The predicted molar refractivity (Wildman–Crippen MR) is 89.5 cm³/mol. The molecule has 0 unspecified atom stereocenters. The summed E-state index contributed by atoms with van der Waals surface area (Å²) in [7, 11) is 0. The van der Waals surface area contributed by atoms with Crippen molar-refractivity contribution in [1.29, 1.82) is 0 Å². The van der Waals surface area contributed by atoms with Crippen LogP contribution in [0.5, 0.6) is 0 Å². The number of hydrogen-bond donors (Lipinski definition) is 2. The van der Waals surface area contributed by atoms with Gasteiger partial charge in [-0.1, -0.05) is 30.3 Å². The molecule has 0 saturated carbocycles. The van der Waals surface area contributed by atoms with Gasteiger partial charge in [0.2, 0.25) is 0 Å². The SMILES string of the molecule is NNc1cc(-c2ccccc2)nc2cc(-c3cccnc3)nn12. The van der Waals surface area contributed by atoms with Crippen molar-refractivity contribution < 1.29 is 0 Å². The molecule has 0 saturated heterocycles. The van der Waals surface area contributed by atoms with Gasteiger partial charge in [0.25, 0.3) is 0 Å². The highest BCUT2D eigenvalue weighted by atomic mass is 15.4. The summed E-state index contributed by atoms with van der Waals surface area (Å²) >= 11 is 0. The second-order valence-corrected chi connectivity index (χ2v) is 5.08. The van der Waals surface area contributed by atoms with Gasteiger partial charge in [0.1, 0.15) is 5.82 Å². The van der Waals surface area contributed by atoms with Crippen LogP contribution in [0.3, 0.4) is 0 Å². The zero-order valence-electron chi connectivity index (χ0n) is 12.2. The number of pyridine rings is 1. The number of fused-ring (bicyclic) bond motifs is 1. The van der Waals surface area contributed by atoms with Crippen LogP contribution in [0.4, 0.5) is 5.82 Å². The zero-order valence-corrected chi connectivity index (χ0v) is 12.2. The third-order valence-corrected chi connectivity index (χ3v) is 3.60. The quantitative estimate of drug-likeness (QED) is 0.449. The summed E-state index contributed by atoms with van der Waals surface area (Å²) in [6, 6.07) is 17.6. The van der Waals surface area contributed by atoms with Crippen molar-refractivity contribution in [2.24, 2.45) is 5.84 Å². The normalized spacial score (nSPS) is 10.8. The molecule has 3 aromatic heterocycles. The molecule has 3 N–H and O–H groups in total. The van der Waals surface area contributed by atoms with Crippen LogP contribution >= 0.6 is 0 Å². The van der Waals surface area contributed by atoms with Crippen molar-refractivity contribution in [3.8, 4) is 22.5 Å². The molecule has 0 aliphatic carbocycles. The largest absolute Gasteiger partial charge is 0.308 e. The maximum atomic E-state index is 5.66. The van der Waals surface area contributed by atoms with Crippen molar-refractivity contribution in [3.63, 3.8) is 0 Å². The molecule has 4 rings (SSSR count). The Hall–Kier alpha value is -3.25. The molecule has 0 fully saturated rings. The van der Waals surface area contributed by atoms with Crippen molar-refractivity contribution in [1.82, 2.24) is 19.6 Å². The Kier molecular flexibility index (Phi) is 3.21. The minimum absolute atomic E-state index is 0.670. The molecule has 112 valence electrons. The van der Waals surface area contributed by atoms with E-state index in [-0.39, 0.29) is 0 Å². The van der Waals surface area contributed by atoms with Crippen LogP contribution in [0.25, 0.3) is 28.2 Å². The maximum absolute atomic E-state index is 5.66. The van der Waals surface area contributed by atoms with Gasteiger partial charge in [0.05, 0.1) is 11.4 Å². The van der Waals surface area contributed by atoms with Gasteiger partial charge in [-0.3, -0.25) is 4.98 Å². The van der Waals surface area contributed by atoms with Crippen LogP contribution in [0.15, 0.2) is 67.0 Å². The summed E-state index contributed by atoms with van der Waals surface area (Å²) in [5.41, 5.74) is 7.00. The van der Waals surface area contributed by atoms with Crippen LogP contribution in [0.1, 0.15) is 0 Å².